The molecule has 0 aliphatic rings. The first-order valence-corrected chi connectivity index (χ1v) is 11.5. The molecule has 172 valence electrons. The van der Waals surface area contributed by atoms with Crippen LogP contribution in [0.5, 0.6) is 17.2 Å². The third-order valence-corrected chi connectivity index (χ3v) is 6.66. The number of rotatable bonds is 8. The number of ether oxygens (including phenoxy) is 2. The molecule has 4 aromatic rings. The molecular weight excluding hydrogens is 460 g/mol. The third kappa shape index (κ3) is 5.39. The molecule has 0 aliphatic carbocycles. The number of methoxy groups -OCH3 is 1. The van der Waals surface area contributed by atoms with E-state index in [9.17, 15) is 8.42 Å². The van der Waals surface area contributed by atoms with Crippen molar-refractivity contribution in [2.24, 2.45) is 0 Å². The molecule has 0 saturated heterocycles. The van der Waals surface area contributed by atoms with Crippen LogP contribution in [-0.4, -0.2) is 26.5 Å². The molecule has 6 nitrogen and oxygen atoms in total. The first-order chi connectivity index (χ1) is 15.5. The number of benzene rings is 3. The smallest absolute Gasteiger partial charge is 0.268 e. The predicted molar refractivity (Wildman–Crippen MR) is 132 cm³/mol. The summed E-state index contributed by atoms with van der Waals surface area (Å²) in [5, 5.41) is 3.07. The molecule has 33 heavy (non-hydrogen) atoms. The molecule has 0 atom stereocenters. The summed E-state index contributed by atoms with van der Waals surface area (Å²) in [6.45, 7) is 0.549. The first kappa shape index (κ1) is 24.4. The Morgan fingerprint density at radius 1 is 0.848 bits per heavy atom. The molecule has 8 heteroatoms. The number of hydrogen-bond acceptors (Lipinski definition) is 5. The van der Waals surface area contributed by atoms with Crippen molar-refractivity contribution in [3.8, 4) is 28.5 Å². The molecule has 0 aliphatic heterocycles. The molecule has 3 aromatic carbocycles. The summed E-state index contributed by atoms with van der Waals surface area (Å²) in [5.41, 5.74) is 2.21. The van der Waals surface area contributed by atoms with Crippen LogP contribution in [0.15, 0.2) is 96.0 Å². The van der Waals surface area contributed by atoms with Crippen LogP contribution in [0.3, 0.4) is 0 Å². The van der Waals surface area contributed by atoms with Crippen molar-refractivity contribution in [1.82, 2.24) is 9.29 Å². The Balaban J connectivity index is 0.00000306. The van der Waals surface area contributed by atoms with Gasteiger partial charge in [-0.25, -0.2) is 12.4 Å². The van der Waals surface area contributed by atoms with Crippen LogP contribution in [0.1, 0.15) is 5.56 Å². The maximum atomic E-state index is 13.4. The van der Waals surface area contributed by atoms with Gasteiger partial charge in [0.15, 0.2) is 0 Å². The number of hydrogen-bond donors (Lipinski definition) is 1. The lowest BCUT2D eigenvalue weighted by molar-refractivity contribution is 0.414. The lowest BCUT2D eigenvalue weighted by Crippen LogP contribution is -2.13. The Morgan fingerprint density at radius 2 is 1.45 bits per heavy atom. The Morgan fingerprint density at radius 3 is 2.06 bits per heavy atom. The molecular formula is C25H25ClN2O4S. The van der Waals surface area contributed by atoms with Gasteiger partial charge in [0.1, 0.15) is 17.2 Å². The number of nitrogens with one attached hydrogen (secondary N) is 1. The van der Waals surface area contributed by atoms with E-state index < -0.39 is 10.0 Å². The quantitative estimate of drug-likeness (QED) is 0.366. The highest BCUT2D eigenvalue weighted by Crippen LogP contribution is 2.30. The van der Waals surface area contributed by atoms with E-state index in [1.807, 2.05) is 67.7 Å². The van der Waals surface area contributed by atoms with Gasteiger partial charge in [0.2, 0.25) is 0 Å². The van der Waals surface area contributed by atoms with Crippen molar-refractivity contribution in [2.75, 3.05) is 14.2 Å². The number of halogens is 1. The average Bonchev–Trinajstić information content (AvgIpc) is 3.25. The molecule has 0 unspecified atom stereocenters. The minimum atomic E-state index is -3.80. The van der Waals surface area contributed by atoms with Gasteiger partial charge in [-0.2, -0.15) is 0 Å². The fourth-order valence-electron chi connectivity index (χ4n) is 3.39. The molecule has 0 radical (unpaired) electrons. The van der Waals surface area contributed by atoms with Crippen LogP contribution in [0, 0.1) is 0 Å². The second-order valence-electron chi connectivity index (χ2n) is 7.18. The van der Waals surface area contributed by atoms with E-state index in [1.54, 1.807) is 37.6 Å². The van der Waals surface area contributed by atoms with E-state index in [0.29, 0.717) is 23.7 Å². The zero-order chi connectivity index (χ0) is 22.6. The molecule has 0 saturated carbocycles. The van der Waals surface area contributed by atoms with Gasteiger partial charge in [-0.05, 0) is 84.9 Å². The van der Waals surface area contributed by atoms with Crippen LogP contribution < -0.4 is 14.8 Å². The summed E-state index contributed by atoms with van der Waals surface area (Å²) in [6.07, 6.45) is 1.65. The van der Waals surface area contributed by atoms with Gasteiger partial charge >= 0.3 is 0 Å². The van der Waals surface area contributed by atoms with E-state index in [0.717, 1.165) is 16.9 Å². The van der Waals surface area contributed by atoms with Gasteiger partial charge in [-0.1, -0.05) is 18.2 Å². The summed E-state index contributed by atoms with van der Waals surface area (Å²) >= 11 is 0. The number of para-hydroxylation sites is 1. The fraction of sp³-hybridized carbons (Fsp3) is 0.120. The average molecular weight is 485 g/mol. The van der Waals surface area contributed by atoms with Gasteiger partial charge in [-0.3, -0.25) is 0 Å². The third-order valence-electron chi connectivity index (χ3n) is 4.97. The highest BCUT2D eigenvalue weighted by atomic mass is 35.5. The van der Waals surface area contributed by atoms with Crippen LogP contribution in [0.2, 0.25) is 0 Å². The zero-order valence-corrected chi connectivity index (χ0v) is 19.9. The van der Waals surface area contributed by atoms with E-state index in [4.69, 9.17) is 9.47 Å². The lowest BCUT2D eigenvalue weighted by atomic mass is 10.1. The van der Waals surface area contributed by atoms with Crippen LogP contribution >= 0.6 is 12.4 Å². The van der Waals surface area contributed by atoms with E-state index in [-0.39, 0.29) is 17.3 Å². The predicted octanol–water partition coefficient (Wildman–Crippen LogP) is 5.33. The summed E-state index contributed by atoms with van der Waals surface area (Å²) in [6, 6.07) is 25.1. The number of aromatic nitrogens is 1. The molecule has 0 fully saturated rings. The summed E-state index contributed by atoms with van der Waals surface area (Å²) in [4.78, 5) is 0.190. The summed E-state index contributed by atoms with van der Waals surface area (Å²) in [5.74, 6) is 2.01. The summed E-state index contributed by atoms with van der Waals surface area (Å²) < 4.78 is 39.2. The van der Waals surface area contributed by atoms with Crippen LogP contribution in [-0.2, 0) is 16.6 Å². The molecule has 1 N–H and O–H groups in total. The molecule has 4 rings (SSSR count). The Bertz CT molecular complexity index is 1290. The van der Waals surface area contributed by atoms with E-state index >= 15 is 0 Å². The Labute approximate surface area is 200 Å². The fourth-order valence-corrected chi connectivity index (χ4v) is 4.78. The van der Waals surface area contributed by atoms with Gasteiger partial charge in [-0.15, -0.1) is 12.4 Å². The minimum absolute atomic E-state index is 0. The Kier molecular flexibility index (Phi) is 7.81. The largest absolute Gasteiger partial charge is 0.497 e. The van der Waals surface area contributed by atoms with E-state index in [1.165, 1.54) is 3.97 Å². The maximum Gasteiger partial charge on any atom is 0.268 e. The van der Waals surface area contributed by atoms with E-state index in [2.05, 4.69) is 5.32 Å². The first-order valence-electron chi connectivity index (χ1n) is 10.1. The molecule has 1 aromatic heterocycles. The summed E-state index contributed by atoms with van der Waals surface area (Å²) in [7, 11) is -0.428. The molecule has 1 heterocycles. The van der Waals surface area contributed by atoms with Crippen molar-refractivity contribution in [1.29, 1.82) is 0 Å². The van der Waals surface area contributed by atoms with Crippen LogP contribution in [0.25, 0.3) is 11.3 Å². The maximum absolute atomic E-state index is 13.4. The van der Waals surface area contributed by atoms with Gasteiger partial charge in [0.05, 0.1) is 17.7 Å². The molecule has 0 bridgehead atoms. The SMILES string of the molecule is CNCc1cc(-c2ccc(Oc3ccccc3)cc2)n(S(=O)(=O)c2ccc(OC)cc2)c1.Cl. The van der Waals surface area contributed by atoms with Crippen LogP contribution in [0.4, 0.5) is 0 Å². The Hall–Kier alpha value is -3.26. The van der Waals surface area contributed by atoms with Gasteiger partial charge in [0.25, 0.3) is 10.0 Å². The zero-order valence-electron chi connectivity index (χ0n) is 18.3. The topological polar surface area (TPSA) is 69.6 Å². The highest BCUT2D eigenvalue weighted by molar-refractivity contribution is 7.90. The van der Waals surface area contributed by atoms with Crippen molar-refractivity contribution in [3.05, 3.63) is 96.7 Å². The van der Waals surface area contributed by atoms with Gasteiger partial charge < -0.3 is 14.8 Å². The normalized spacial score (nSPS) is 11.0. The second-order valence-corrected chi connectivity index (χ2v) is 8.99. The van der Waals surface area contributed by atoms with Crippen molar-refractivity contribution < 1.29 is 17.9 Å². The molecule has 0 amide bonds. The molecule has 0 spiro atoms. The standard InChI is InChI=1S/C25H24N2O4S.ClH/c1-26-17-19-16-25(20-8-10-23(11-9-20)31-22-6-4-3-5-7-22)27(18-19)32(28,29)24-14-12-21(30-2)13-15-24;/h3-16,18,26H,17H2,1-2H3;1H. The minimum Gasteiger partial charge on any atom is -0.497 e. The van der Waals surface area contributed by atoms with Crippen molar-refractivity contribution >= 4 is 22.4 Å². The highest BCUT2D eigenvalue weighted by Gasteiger charge is 2.22. The van der Waals surface area contributed by atoms with Crippen molar-refractivity contribution in [2.45, 2.75) is 11.4 Å². The number of nitrogens with zero attached hydrogens (tertiary/aromatic N) is 1. The monoisotopic (exact) mass is 484 g/mol. The van der Waals surface area contributed by atoms with Gasteiger partial charge in [0, 0.05) is 12.7 Å². The van der Waals surface area contributed by atoms with Crippen molar-refractivity contribution in [3.63, 3.8) is 0 Å². The second kappa shape index (κ2) is 10.6. The lowest BCUT2D eigenvalue weighted by Gasteiger charge is -2.12.